The summed E-state index contributed by atoms with van der Waals surface area (Å²) in [6, 6.07) is 3.91. The molecule has 0 saturated carbocycles. The summed E-state index contributed by atoms with van der Waals surface area (Å²) in [6.07, 6.45) is 4.22. The first kappa shape index (κ1) is 17.5. The van der Waals surface area contributed by atoms with E-state index in [0.29, 0.717) is 18.5 Å². The van der Waals surface area contributed by atoms with E-state index >= 15 is 0 Å². The van der Waals surface area contributed by atoms with Crippen molar-refractivity contribution in [3.8, 4) is 5.88 Å². The molecule has 0 bridgehead atoms. The molecule has 23 heavy (non-hydrogen) atoms. The minimum atomic E-state index is 0.387. The summed E-state index contributed by atoms with van der Waals surface area (Å²) in [5.41, 5.74) is 0.995. The van der Waals surface area contributed by atoms with Gasteiger partial charge in [0, 0.05) is 38.0 Å². The normalized spacial score (nSPS) is 16.5. The number of likely N-dealkylation sites (tertiary alicyclic amines) is 1. The van der Waals surface area contributed by atoms with Crippen molar-refractivity contribution < 1.29 is 9.47 Å². The molecule has 1 aliphatic heterocycles. The van der Waals surface area contributed by atoms with Crippen LogP contribution >= 0.6 is 0 Å². The first-order valence-corrected chi connectivity index (χ1v) is 8.41. The van der Waals surface area contributed by atoms with E-state index in [-0.39, 0.29) is 0 Å². The van der Waals surface area contributed by atoms with E-state index in [1.165, 1.54) is 0 Å². The van der Waals surface area contributed by atoms with E-state index in [1.54, 1.807) is 13.3 Å². The van der Waals surface area contributed by atoms with Crippen LogP contribution in [0.4, 0.5) is 0 Å². The molecule has 1 aromatic rings. The zero-order valence-electron chi connectivity index (χ0n) is 14.4. The number of aromatic nitrogens is 1. The third kappa shape index (κ3) is 5.10. The third-order valence-electron chi connectivity index (χ3n) is 3.92. The summed E-state index contributed by atoms with van der Waals surface area (Å²) < 4.78 is 11.0. The molecule has 0 amide bonds. The number of guanidine groups is 1. The molecule has 1 aliphatic rings. The average Bonchev–Trinajstić information content (AvgIpc) is 2.60. The van der Waals surface area contributed by atoms with Gasteiger partial charge in [-0.15, -0.1) is 0 Å². The lowest BCUT2D eigenvalue weighted by Crippen LogP contribution is -2.47. The zero-order chi connectivity index (χ0) is 16.5. The largest absolute Gasteiger partial charge is 0.481 e. The second kappa shape index (κ2) is 9.35. The molecule has 1 fully saturated rings. The summed E-state index contributed by atoms with van der Waals surface area (Å²) in [5.74, 6) is 1.59. The number of piperidine rings is 1. The number of ether oxygens (including phenoxy) is 2. The Bertz CT molecular complexity index is 499. The summed E-state index contributed by atoms with van der Waals surface area (Å²) in [5, 5.41) is 3.38. The van der Waals surface area contributed by atoms with Crippen LogP contribution in [-0.4, -0.2) is 55.3 Å². The van der Waals surface area contributed by atoms with Crippen LogP contribution in [-0.2, 0) is 11.3 Å². The van der Waals surface area contributed by atoms with Crippen molar-refractivity contribution in [2.45, 2.75) is 39.3 Å². The fourth-order valence-corrected chi connectivity index (χ4v) is 2.78. The monoisotopic (exact) mass is 320 g/mol. The molecular formula is C17H28N4O2. The molecule has 2 rings (SSSR count). The number of nitrogens with one attached hydrogen (secondary N) is 1. The molecule has 128 valence electrons. The number of methoxy groups -OCH3 is 1. The molecule has 0 radical (unpaired) electrons. The minimum Gasteiger partial charge on any atom is -0.481 e. The van der Waals surface area contributed by atoms with Crippen LogP contribution in [0.15, 0.2) is 23.3 Å². The molecular weight excluding hydrogens is 292 g/mol. The molecule has 1 aromatic heterocycles. The highest BCUT2D eigenvalue weighted by Crippen LogP contribution is 2.16. The third-order valence-corrected chi connectivity index (χ3v) is 3.92. The Hall–Kier alpha value is -1.82. The lowest BCUT2D eigenvalue weighted by molar-refractivity contribution is 0.0263. The zero-order valence-corrected chi connectivity index (χ0v) is 14.4. The quantitative estimate of drug-likeness (QED) is 0.642. The van der Waals surface area contributed by atoms with Gasteiger partial charge in [0.15, 0.2) is 5.96 Å². The van der Waals surface area contributed by atoms with Gasteiger partial charge in [-0.25, -0.2) is 9.98 Å². The maximum absolute atomic E-state index is 5.72. The lowest BCUT2D eigenvalue weighted by Gasteiger charge is -2.34. The Kier molecular flexibility index (Phi) is 7.13. The van der Waals surface area contributed by atoms with E-state index in [0.717, 1.165) is 50.6 Å². The SMILES string of the molecule is CCNC(=NCc1cccnc1OC)N1CCC(OCC)CC1. The summed E-state index contributed by atoms with van der Waals surface area (Å²) in [7, 11) is 1.64. The van der Waals surface area contributed by atoms with Crippen molar-refractivity contribution in [3.05, 3.63) is 23.9 Å². The van der Waals surface area contributed by atoms with Crippen molar-refractivity contribution in [2.75, 3.05) is 33.4 Å². The first-order chi connectivity index (χ1) is 11.3. The second-order valence-electron chi connectivity index (χ2n) is 5.48. The maximum atomic E-state index is 5.72. The van der Waals surface area contributed by atoms with Gasteiger partial charge in [-0.3, -0.25) is 0 Å². The van der Waals surface area contributed by atoms with E-state index in [4.69, 9.17) is 14.5 Å². The van der Waals surface area contributed by atoms with E-state index < -0.39 is 0 Å². The van der Waals surface area contributed by atoms with Gasteiger partial charge in [0.05, 0.1) is 19.8 Å². The number of rotatable bonds is 6. The van der Waals surface area contributed by atoms with Crippen molar-refractivity contribution in [3.63, 3.8) is 0 Å². The van der Waals surface area contributed by atoms with Crippen LogP contribution in [0.3, 0.4) is 0 Å². The topological polar surface area (TPSA) is 59.0 Å². The molecule has 0 aromatic carbocycles. The van der Waals surface area contributed by atoms with Crippen molar-refractivity contribution in [1.82, 2.24) is 15.2 Å². The molecule has 6 nitrogen and oxygen atoms in total. The van der Waals surface area contributed by atoms with Gasteiger partial charge in [-0.2, -0.15) is 0 Å². The molecule has 6 heteroatoms. The van der Waals surface area contributed by atoms with Crippen molar-refractivity contribution >= 4 is 5.96 Å². The first-order valence-electron chi connectivity index (χ1n) is 8.41. The summed E-state index contributed by atoms with van der Waals surface area (Å²) >= 11 is 0. The van der Waals surface area contributed by atoms with Crippen LogP contribution in [0.25, 0.3) is 0 Å². The number of pyridine rings is 1. The highest BCUT2D eigenvalue weighted by atomic mass is 16.5. The van der Waals surface area contributed by atoms with E-state index in [1.807, 2.05) is 12.1 Å². The molecule has 0 unspecified atom stereocenters. The van der Waals surface area contributed by atoms with Gasteiger partial charge in [0.2, 0.25) is 5.88 Å². The molecule has 2 heterocycles. The van der Waals surface area contributed by atoms with Gasteiger partial charge < -0.3 is 19.7 Å². The Balaban J connectivity index is 2.00. The predicted octanol–water partition coefficient (Wildman–Crippen LogP) is 2.06. The summed E-state index contributed by atoms with van der Waals surface area (Å²) in [6.45, 7) is 8.30. The van der Waals surface area contributed by atoms with Gasteiger partial charge in [0.1, 0.15) is 0 Å². The smallest absolute Gasteiger partial charge is 0.218 e. The Labute approximate surface area is 138 Å². The Morgan fingerprint density at radius 1 is 1.39 bits per heavy atom. The maximum Gasteiger partial charge on any atom is 0.218 e. The Morgan fingerprint density at radius 2 is 2.17 bits per heavy atom. The second-order valence-corrected chi connectivity index (χ2v) is 5.48. The Morgan fingerprint density at radius 3 is 2.83 bits per heavy atom. The standard InChI is InChI=1S/C17H28N4O2/c1-4-18-17(21-11-8-15(9-12-21)23-5-2)20-13-14-7-6-10-19-16(14)22-3/h6-7,10,15H,4-5,8-9,11-13H2,1-3H3,(H,18,20). The molecule has 0 spiro atoms. The van der Waals surface area contributed by atoms with Crippen LogP contribution < -0.4 is 10.1 Å². The molecule has 0 atom stereocenters. The summed E-state index contributed by atoms with van der Waals surface area (Å²) in [4.78, 5) is 11.3. The van der Waals surface area contributed by atoms with Gasteiger partial charge in [-0.05, 0) is 32.8 Å². The number of aliphatic imine (C=N–C) groups is 1. The highest BCUT2D eigenvalue weighted by molar-refractivity contribution is 5.80. The molecule has 0 aliphatic carbocycles. The van der Waals surface area contributed by atoms with E-state index in [9.17, 15) is 0 Å². The van der Waals surface area contributed by atoms with Gasteiger partial charge in [-0.1, -0.05) is 6.07 Å². The lowest BCUT2D eigenvalue weighted by atomic mass is 10.1. The highest BCUT2D eigenvalue weighted by Gasteiger charge is 2.21. The minimum absolute atomic E-state index is 0.387. The fraction of sp³-hybridized carbons (Fsp3) is 0.647. The predicted molar refractivity (Wildman–Crippen MR) is 91.8 cm³/mol. The van der Waals surface area contributed by atoms with Crippen LogP contribution in [0, 0.1) is 0 Å². The number of nitrogens with zero attached hydrogens (tertiary/aromatic N) is 3. The van der Waals surface area contributed by atoms with Crippen LogP contribution in [0.2, 0.25) is 0 Å². The van der Waals surface area contributed by atoms with Crippen LogP contribution in [0.5, 0.6) is 5.88 Å². The van der Waals surface area contributed by atoms with E-state index in [2.05, 4.69) is 29.0 Å². The van der Waals surface area contributed by atoms with Crippen molar-refractivity contribution in [2.24, 2.45) is 4.99 Å². The van der Waals surface area contributed by atoms with Crippen LogP contribution in [0.1, 0.15) is 32.3 Å². The molecule has 1 saturated heterocycles. The average molecular weight is 320 g/mol. The fourth-order valence-electron chi connectivity index (χ4n) is 2.78. The van der Waals surface area contributed by atoms with Gasteiger partial charge in [0.25, 0.3) is 0 Å². The van der Waals surface area contributed by atoms with Gasteiger partial charge >= 0.3 is 0 Å². The number of hydrogen-bond acceptors (Lipinski definition) is 4. The number of hydrogen-bond donors (Lipinski definition) is 1. The molecule has 1 N–H and O–H groups in total. The van der Waals surface area contributed by atoms with Crippen molar-refractivity contribution in [1.29, 1.82) is 0 Å².